The summed E-state index contributed by atoms with van der Waals surface area (Å²) in [5.41, 5.74) is 4.96. The lowest BCUT2D eigenvalue weighted by Crippen LogP contribution is -1.84. The van der Waals surface area contributed by atoms with Crippen molar-refractivity contribution in [1.29, 1.82) is 0 Å². The molecule has 0 saturated heterocycles. The van der Waals surface area contributed by atoms with Crippen LogP contribution in [0.4, 0.5) is 0 Å². The van der Waals surface area contributed by atoms with Gasteiger partial charge in [-0.2, -0.15) is 0 Å². The smallest absolute Gasteiger partial charge is 0.194 e. The van der Waals surface area contributed by atoms with Gasteiger partial charge in [0.2, 0.25) is 0 Å². The minimum absolute atomic E-state index is 1.07. The molecular weight excluding hydrogens is 252 g/mol. The Hall–Kier alpha value is -1.61. The zero-order chi connectivity index (χ0) is 13.4. The van der Waals surface area contributed by atoms with Crippen LogP contribution in [0.15, 0.2) is 30.5 Å². The third-order valence-corrected chi connectivity index (χ3v) is 4.65. The van der Waals surface area contributed by atoms with E-state index >= 15 is 0 Å². The third-order valence-electron chi connectivity index (χ3n) is 3.58. The van der Waals surface area contributed by atoms with E-state index in [0.29, 0.717) is 0 Å². The molecule has 98 valence electrons. The summed E-state index contributed by atoms with van der Waals surface area (Å²) >= 11 is 1.76. The van der Waals surface area contributed by atoms with E-state index in [2.05, 4.69) is 55.6 Å². The van der Waals surface area contributed by atoms with Crippen molar-refractivity contribution in [2.45, 2.75) is 33.6 Å². The lowest BCUT2D eigenvalue weighted by molar-refractivity contribution is 0.922. The average Bonchev–Trinajstić information content (AvgIpc) is 2.92. The summed E-state index contributed by atoms with van der Waals surface area (Å²) in [6.45, 7) is 6.51. The van der Waals surface area contributed by atoms with Crippen LogP contribution in [0.2, 0.25) is 0 Å². The van der Waals surface area contributed by atoms with Crippen molar-refractivity contribution in [3.63, 3.8) is 0 Å². The lowest BCUT2D eigenvalue weighted by Gasteiger charge is -2.00. The largest absolute Gasteiger partial charge is 0.294 e. The summed E-state index contributed by atoms with van der Waals surface area (Å²) in [4.78, 5) is 7.15. The zero-order valence-corrected chi connectivity index (χ0v) is 12.4. The Morgan fingerprint density at radius 1 is 1.16 bits per heavy atom. The first-order chi connectivity index (χ1) is 9.19. The van der Waals surface area contributed by atoms with Gasteiger partial charge in [-0.1, -0.05) is 37.6 Å². The van der Waals surface area contributed by atoms with Crippen molar-refractivity contribution in [1.82, 2.24) is 9.38 Å². The summed E-state index contributed by atoms with van der Waals surface area (Å²) < 4.78 is 2.19. The molecular formula is C16H18N2S. The van der Waals surface area contributed by atoms with E-state index in [1.807, 2.05) is 0 Å². The third kappa shape index (κ3) is 2.19. The molecule has 0 aliphatic rings. The number of fused-ring (bicyclic) bond motifs is 1. The summed E-state index contributed by atoms with van der Waals surface area (Å²) in [5, 5.41) is 0. The summed E-state index contributed by atoms with van der Waals surface area (Å²) in [5.74, 6) is 0. The average molecular weight is 270 g/mol. The Balaban J connectivity index is 1.99. The standard InChI is InChI=1S/C16H18N2S/c1-4-5-13-6-8-14(9-7-13)15-10-18-11(2)12(3)19-16(18)17-15/h6-10H,4-5H2,1-3H3. The second-order valence-corrected chi connectivity index (χ2v) is 6.15. The van der Waals surface area contributed by atoms with Gasteiger partial charge in [-0.25, -0.2) is 4.98 Å². The molecule has 0 saturated carbocycles. The van der Waals surface area contributed by atoms with Crippen molar-refractivity contribution in [2.24, 2.45) is 0 Å². The Morgan fingerprint density at radius 2 is 1.89 bits per heavy atom. The zero-order valence-electron chi connectivity index (χ0n) is 11.6. The SMILES string of the molecule is CCCc1ccc(-c2cn3c(C)c(C)sc3n2)cc1. The molecule has 0 aliphatic carbocycles. The number of hydrogen-bond acceptors (Lipinski definition) is 2. The van der Waals surface area contributed by atoms with E-state index in [-0.39, 0.29) is 0 Å². The van der Waals surface area contributed by atoms with Crippen molar-refractivity contribution < 1.29 is 0 Å². The Bertz CT molecular complexity index is 704. The fourth-order valence-corrected chi connectivity index (χ4v) is 3.28. The van der Waals surface area contributed by atoms with Crippen molar-refractivity contribution in [2.75, 3.05) is 0 Å². The van der Waals surface area contributed by atoms with Gasteiger partial charge >= 0.3 is 0 Å². The van der Waals surface area contributed by atoms with Crippen molar-refractivity contribution >= 4 is 16.3 Å². The number of aromatic nitrogens is 2. The maximum absolute atomic E-state index is 4.72. The molecule has 0 fully saturated rings. The van der Waals surface area contributed by atoms with Crippen LogP contribution in [0.1, 0.15) is 29.5 Å². The van der Waals surface area contributed by atoms with Gasteiger partial charge in [0.1, 0.15) is 0 Å². The predicted octanol–water partition coefficient (Wildman–Crippen LogP) is 4.63. The molecule has 2 nitrogen and oxygen atoms in total. The minimum atomic E-state index is 1.07. The number of aryl methyl sites for hydroxylation is 3. The number of nitrogens with zero attached hydrogens (tertiary/aromatic N) is 2. The minimum Gasteiger partial charge on any atom is -0.294 e. The maximum atomic E-state index is 4.72. The monoisotopic (exact) mass is 270 g/mol. The molecule has 0 aliphatic heterocycles. The molecule has 2 heterocycles. The number of rotatable bonds is 3. The van der Waals surface area contributed by atoms with Gasteiger partial charge in [-0.15, -0.1) is 11.3 Å². The Kier molecular flexibility index (Phi) is 3.15. The van der Waals surface area contributed by atoms with Crippen molar-refractivity contribution in [3.8, 4) is 11.3 Å². The van der Waals surface area contributed by atoms with Gasteiger partial charge in [-0.3, -0.25) is 4.40 Å². The van der Waals surface area contributed by atoms with Crippen LogP contribution in [0, 0.1) is 13.8 Å². The van der Waals surface area contributed by atoms with Crippen LogP contribution < -0.4 is 0 Å². The normalized spacial score (nSPS) is 11.3. The molecule has 0 amide bonds. The molecule has 0 bridgehead atoms. The maximum Gasteiger partial charge on any atom is 0.194 e. The van der Waals surface area contributed by atoms with Crippen LogP contribution >= 0.6 is 11.3 Å². The molecule has 19 heavy (non-hydrogen) atoms. The van der Waals surface area contributed by atoms with Crippen LogP contribution in [-0.2, 0) is 6.42 Å². The van der Waals surface area contributed by atoms with Crippen LogP contribution in [0.5, 0.6) is 0 Å². The summed E-state index contributed by atoms with van der Waals surface area (Å²) in [6.07, 6.45) is 4.48. The fourth-order valence-electron chi connectivity index (χ4n) is 2.33. The van der Waals surface area contributed by atoms with E-state index in [9.17, 15) is 0 Å². The number of hydrogen-bond donors (Lipinski definition) is 0. The number of benzene rings is 1. The number of thiazole rings is 1. The van der Waals surface area contributed by atoms with Gasteiger partial charge in [-0.05, 0) is 25.8 Å². The van der Waals surface area contributed by atoms with Gasteiger partial charge in [0.05, 0.1) is 5.69 Å². The lowest BCUT2D eigenvalue weighted by atomic mass is 10.1. The van der Waals surface area contributed by atoms with E-state index < -0.39 is 0 Å². The molecule has 0 unspecified atom stereocenters. The van der Waals surface area contributed by atoms with Gasteiger partial charge < -0.3 is 0 Å². The molecule has 0 N–H and O–H groups in total. The molecule has 0 radical (unpaired) electrons. The first-order valence-corrected chi connectivity index (χ1v) is 7.55. The van der Waals surface area contributed by atoms with E-state index in [4.69, 9.17) is 4.98 Å². The highest BCUT2D eigenvalue weighted by molar-refractivity contribution is 7.17. The Morgan fingerprint density at radius 3 is 2.53 bits per heavy atom. The van der Waals surface area contributed by atoms with Crippen LogP contribution in [0.25, 0.3) is 16.2 Å². The summed E-state index contributed by atoms with van der Waals surface area (Å²) in [6, 6.07) is 8.79. The van der Waals surface area contributed by atoms with Crippen LogP contribution in [-0.4, -0.2) is 9.38 Å². The van der Waals surface area contributed by atoms with Crippen molar-refractivity contribution in [3.05, 3.63) is 46.6 Å². The fraction of sp³-hybridized carbons (Fsp3) is 0.312. The molecule has 2 aromatic heterocycles. The highest BCUT2D eigenvalue weighted by Gasteiger charge is 2.09. The van der Waals surface area contributed by atoms with Gasteiger partial charge in [0, 0.05) is 22.3 Å². The Labute approximate surface area is 117 Å². The molecule has 1 aromatic carbocycles. The second kappa shape index (κ2) is 4.82. The molecule has 0 atom stereocenters. The van der Waals surface area contributed by atoms with Gasteiger partial charge in [0.25, 0.3) is 0 Å². The quantitative estimate of drug-likeness (QED) is 0.678. The van der Waals surface area contributed by atoms with E-state index in [0.717, 1.165) is 17.1 Å². The first kappa shape index (κ1) is 12.4. The predicted molar refractivity (Wildman–Crippen MR) is 82.0 cm³/mol. The molecule has 0 spiro atoms. The topological polar surface area (TPSA) is 17.3 Å². The molecule has 3 aromatic rings. The first-order valence-electron chi connectivity index (χ1n) is 6.73. The summed E-state index contributed by atoms with van der Waals surface area (Å²) in [7, 11) is 0. The molecule has 3 heteroatoms. The van der Waals surface area contributed by atoms with Crippen LogP contribution in [0.3, 0.4) is 0 Å². The molecule has 3 rings (SSSR count). The highest BCUT2D eigenvalue weighted by Crippen LogP contribution is 2.26. The second-order valence-electron chi connectivity index (χ2n) is 4.97. The van der Waals surface area contributed by atoms with E-state index in [1.54, 1.807) is 11.3 Å². The van der Waals surface area contributed by atoms with E-state index in [1.165, 1.54) is 28.1 Å². The highest BCUT2D eigenvalue weighted by atomic mass is 32.1. The number of imidazole rings is 1. The van der Waals surface area contributed by atoms with Gasteiger partial charge in [0.15, 0.2) is 4.96 Å².